The minimum Gasteiger partial charge on any atom is -0.492 e. The average Bonchev–Trinajstić information content (AvgIpc) is 3.36. The molecule has 0 radical (unpaired) electrons. The largest absolute Gasteiger partial charge is 0.492 e. The summed E-state index contributed by atoms with van der Waals surface area (Å²) in [5.41, 5.74) is 4.50. The van der Waals surface area contributed by atoms with Crippen molar-refractivity contribution in [3.63, 3.8) is 0 Å². The van der Waals surface area contributed by atoms with E-state index >= 15 is 0 Å². The molecule has 1 unspecified atom stereocenters. The maximum atomic E-state index is 6.11. The summed E-state index contributed by atoms with van der Waals surface area (Å²) in [6.45, 7) is 0.611. The Morgan fingerprint density at radius 3 is 2.50 bits per heavy atom. The molecule has 0 amide bonds. The molecule has 1 atom stereocenters. The quantitative estimate of drug-likeness (QED) is 0.403. The minimum atomic E-state index is 0.0914. The van der Waals surface area contributed by atoms with Crippen LogP contribution in [0.15, 0.2) is 91.0 Å². The van der Waals surface area contributed by atoms with Crippen molar-refractivity contribution >= 4 is 21.8 Å². The highest BCUT2D eigenvalue weighted by Gasteiger charge is 2.32. The van der Waals surface area contributed by atoms with Gasteiger partial charge in [0.25, 0.3) is 0 Å². The number of fused-ring (bicyclic) bond motifs is 4. The fourth-order valence-corrected chi connectivity index (χ4v) is 4.35. The third kappa shape index (κ3) is 2.20. The summed E-state index contributed by atoms with van der Waals surface area (Å²) in [6.07, 6.45) is 0. The van der Waals surface area contributed by atoms with Crippen molar-refractivity contribution in [2.75, 3.05) is 6.61 Å². The summed E-state index contributed by atoms with van der Waals surface area (Å²) >= 11 is 0. The number of rotatable bonds is 2. The van der Waals surface area contributed by atoms with E-state index in [4.69, 9.17) is 9.72 Å². The molecular formula is C25H18N2O. The van der Waals surface area contributed by atoms with Gasteiger partial charge < -0.3 is 4.74 Å². The van der Waals surface area contributed by atoms with Gasteiger partial charge in [0, 0.05) is 11.3 Å². The molecule has 2 heterocycles. The standard InChI is InChI=1S/C25H18N2O/c1-2-9-18(10-3-1)27-22-13-7-6-12-21(22)26-25(27)20-16-28-23-15-14-17-8-4-5-11-19(17)24(20)23/h1-15,20H,16H2. The summed E-state index contributed by atoms with van der Waals surface area (Å²) in [4.78, 5) is 5.06. The van der Waals surface area contributed by atoms with Gasteiger partial charge >= 0.3 is 0 Å². The van der Waals surface area contributed by atoms with E-state index in [9.17, 15) is 0 Å². The molecule has 28 heavy (non-hydrogen) atoms. The lowest BCUT2D eigenvalue weighted by Crippen LogP contribution is -2.11. The Hall–Kier alpha value is -3.59. The van der Waals surface area contributed by atoms with Crippen LogP contribution >= 0.6 is 0 Å². The first-order chi connectivity index (χ1) is 13.9. The van der Waals surface area contributed by atoms with E-state index in [1.807, 2.05) is 12.1 Å². The van der Waals surface area contributed by atoms with E-state index in [0.717, 1.165) is 28.3 Å². The van der Waals surface area contributed by atoms with Crippen LogP contribution in [0.2, 0.25) is 0 Å². The van der Waals surface area contributed by atoms with Gasteiger partial charge in [-0.05, 0) is 41.1 Å². The highest BCUT2D eigenvalue weighted by atomic mass is 16.5. The number of ether oxygens (including phenoxy) is 1. The number of aromatic nitrogens is 2. The first-order valence-corrected chi connectivity index (χ1v) is 9.57. The smallest absolute Gasteiger partial charge is 0.125 e. The molecule has 0 saturated carbocycles. The number of para-hydroxylation sites is 3. The van der Waals surface area contributed by atoms with E-state index in [0.29, 0.717) is 6.61 Å². The normalized spacial score (nSPS) is 15.6. The Labute approximate surface area is 162 Å². The first kappa shape index (κ1) is 15.5. The van der Waals surface area contributed by atoms with Gasteiger partial charge in [0.05, 0.1) is 17.0 Å². The van der Waals surface area contributed by atoms with Crippen molar-refractivity contribution in [2.45, 2.75) is 5.92 Å². The summed E-state index contributed by atoms with van der Waals surface area (Å²) in [6, 6.07) is 31.5. The molecule has 134 valence electrons. The number of hydrogen-bond acceptors (Lipinski definition) is 2. The molecule has 0 N–H and O–H groups in total. The lowest BCUT2D eigenvalue weighted by molar-refractivity contribution is 0.339. The molecule has 0 bridgehead atoms. The Balaban J connectivity index is 1.65. The molecule has 0 spiro atoms. The van der Waals surface area contributed by atoms with E-state index < -0.39 is 0 Å². The summed E-state index contributed by atoms with van der Waals surface area (Å²) < 4.78 is 8.39. The van der Waals surface area contributed by atoms with E-state index in [1.54, 1.807) is 0 Å². The molecule has 3 nitrogen and oxygen atoms in total. The molecule has 1 aliphatic heterocycles. The fraction of sp³-hybridized carbons (Fsp3) is 0.0800. The highest BCUT2D eigenvalue weighted by molar-refractivity contribution is 5.89. The SMILES string of the molecule is c1ccc(-n2c(C3COc4ccc5ccccc5c43)nc3ccccc32)cc1. The zero-order valence-electron chi connectivity index (χ0n) is 15.2. The van der Waals surface area contributed by atoms with Crippen molar-refractivity contribution in [3.8, 4) is 11.4 Å². The lowest BCUT2D eigenvalue weighted by atomic mass is 9.94. The highest BCUT2D eigenvalue weighted by Crippen LogP contribution is 2.43. The number of hydrogen-bond donors (Lipinski definition) is 0. The minimum absolute atomic E-state index is 0.0914. The molecule has 6 rings (SSSR count). The van der Waals surface area contributed by atoms with Crippen LogP contribution in [-0.2, 0) is 0 Å². The van der Waals surface area contributed by atoms with Gasteiger partial charge in [-0.15, -0.1) is 0 Å². The van der Waals surface area contributed by atoms with E-state index in [1.165, 1.54) is 16.3 Å². The number of benzene rings is 4. The van der Waals surface area contributed by atoms with Crippen molar-refractivity contribution in [1.82, 2.24) is 9.55 Å². The van der Waals surface area contributed by atoms with Crippen LogP contribution in [0.3, 0.4) is 0 Å². The van der Waals surface area contributed by atoms with Crippen LogP contribution in [0, 0.1) is 0 Å². The van der Waals surface area contributed by atoms with Crippen molar-refractivity contribution in [3.05, 3.63) is 102 Å². The third-order valence-corrected chi connectivity index (χ3v) is 5.60. The van der Waals surface area contributed by atoms with Crippen molar-refractivity contribution < 1.29 is 4.74 Å². The predicted molar refractivity (Wildman–Crippen MR) is 112 cm³/mol. The lowest BCUT2D eigenvalue weighted by Gasteiger charge is -2.15. The van der Waals surface area contributed by atoms with Gasteiger partial charge in [0.1, 0.15) is 18.2 Å². The predicted octanol–water partition coefficient (Wildman–Crippen LogP) is 5.70. The maximum Gasteiger partial charge on any atom is 0.125 e. The van der Waals surface area contributed by atoms with Crippen LogP contribution in [0.1, 0.15) is 17.3 Å². The second-order valence-electron chi connectivity index (χ2n) is 7.19. The van der Waals surface area contributed by atoms with Crippen LogP contribution in [-0.4, -0.2) is 16.2 Å². The molecule has 1 aliphatic rings. The Bertz CT molecular complexity index is 1320. The zero-order valence-corrected chi connectivity index (χ0v) is 15.2. The van der Waals surface area contributed by atoms with Gasteiger partial charge in [0.15, 0.2) is 0 Å². The van der Waals surface area contributed by atoms with Gasteiger partial charge in [-0.3, -0.25) is 4.57 Å². The Kier molecular flexibility index (Phi) is 3.29. The summed E-state index contributed by atoms with van der Waals surface area (Å²) in [5.74, 6) is 2.09. The van der Waals surface area contributed by atoms with Crippen LogP contribution in [0.5, 0.6) is 5.75 Å². The first-order valence-electron chi connectivity index (χ1n) is 9.57. The van der Waals surface area contributed by atoms with E-state index in [2.05, 4.69) is 83.4 Å². The summed E-state index contributed by atoms with van der Waals surface area (Å²) in [5, 5.41) is 2.48. The van der Waals surface area contributed by atoms with Gasteiger partial charge in [0.2, 0.25) is 0 Å². The van der Waals surface area contributed by atoms with Gasteiger partial charge in [-0.25, -0.2) is 4.98 Å². The Morgan fingerprint density at radius 2 is 1.57 bits per heavy atom. The fourth-order valence-electron chi connectivity index (χ4n) is 4.35. The molecule has 4 aromatic carbocycles. The summed E-state index contributed by atoms with van der Waals surface area (Å²) in [7, 11) is 0. The van der Waals surface area contributed by atoms with Gasteiger partial charge in [-0.2, -0.15) is 0 Å². The number of nitrogens with zero attached hydrogens (tertiary/aromatic N) is 2. The molecule has 0 saturated heterocycles. The molecule has 1 aromatic heterocycles. The second-order valence-corrected chi connectivity index (χ2v) is 7.19. The molecule has 5 aromatic rings. The second kappa shape index (κ2) is 5.96. The molecular weight excluding hydrogens is 344 g/mol. The molecule has 3 heteroatoms. The zero-order chi connectivity index (χ0) is 18.5. The van der Waals surface area contributed by atoms with Crippen molar-refractivity contribution in [1.29, 1.82) is 0 Å². The number of imidazole rings is 1. The average molecular weight is 362 g/mol. The molecule has 0 fully saturated rings. The van der Waals surface area contributed by atoms with Gasteiger partial charge in [-0.1, -0.05) is 60.7 Å². The third-order valence-electron chi connectivity index (χ3n) is 5.60. The maximum absolute atomic E-state index is 6.11. The van der Waals surface area contributed by atoms with Crippen LogP contribution < -0.4 is 4.74 Å². The van der Waals surface area contributed by atoms with Crippen LogP contribution in [0.25, 0.3) is 27.5 Å². The van der Waals surface area contributed by atoms with Crippen LogP contribution in [0.4, 0.5) is 0 Å². The Morgan fingerprint density at radius 1 is 0.786 bits per heavy atom. The van der Waals surface area contributed by atoms with E-state index in [-0.39, 0.29) is 5.92 Å². The van der Waals surface area contributed by atoms with Crippen molar-refractivity contribution in [2.24, 2.45) is 0 Å². The topological polar surface area (TPSA) is 27.1 Å². The monoisotopic (exact) mass is 362 g/mol. The molecule has 0 aliphatic carbocycles.